The molecule has 2 aromatic rings. The van der Waals surface area contributed by atoms with Crippen molar-refractivity contribution in [1.29, 1.82) is 0 Å². The Balaban J connectivity index is 1.93. The van der Waals surface area contributed by atoms with Crippen LogP contribution in [0, 0.1) is 0 Å². The largest absolute Gasteiger partial charge is 0.443 e. The van der Waals surface area contributed by atoms with E-state index in [1.54, 1.807) is 11.0 Å². The molecule has 1 aliphatic heterocycles. The van der Waals surface area contributed by atoms with Crippen molar-refractivity contribution in [2.75, 3.05) is 13.1 Å². The number of hydrogen-bond acceptors (Lipinski definition) is 2. The minimum atomic E-state index is -0.262. The number of rotatable bonds is 5. The normalized spacial score (nSPS) is 17.6. The summed E-state index contributed by atoms with van der Waals surface area (Å²) < 4.78 is 5.64. The Morgan fingerprint density at radius 3 is 2.14 bits per heavy atom. The summed E-state index contributed by atoms with van der Waals surface area (Å²) in [5.74, 6) is 0.0427. The Morgan fingerprint density at radius 1 is 1.09 bits per heavy atom. The van der Waals surface area contributed by atoms with E-state index in [4.69, 9.17) is 4.74 Å². The second-order valence-corrected chi connectivity index (χ2v) is 5.41. The van der Waals surface area contributed by atoms with E-state index >= 15 is 0 Å². The maximum Gasteiger partial charge on any atom is 0.410 e. The maximum atomic E-state index is 12.0. The van der Waals surface area contributed by atoms with Gasteiger partial charge in [0.05, 0.1) is 6.54 Å². The lowest BCUT2D eigenvalue weighted by atomic mass is 9.86. The van der Waals surface area contributed by atoms with Crippen LogP contribution in [0.2, 0.25) is 0 Å². The average Bonchev–Trinajstić information content (AvgIpc) is 2.91. The van der Waals surface area contributed by atoms with Gasteiger partial charge < -0.3 is 9.64 Å². The van der Waals surface area contributed by atoms with Gasteiger partial charge in [0.1, 0.15) is 6.10 Å². The zero-order chi connectivity index (χ0) is 15.4. The molecular weight excluding hydrogens is 274 g/mol. The molecule has 0 aromatic heterocycles. The predicted octanol–water partition coefficient (Wildman–Crippen LogP) is 3.83. The van der Waals surface area contributed by atoms with Crippen molar-refractivity contribution < 1.29 is 9.53 Å². The third kappa shape index (κ3) is 2.89. The van der Waals surface area contributed by atoms with Crippen molar-refractivity contribution in [1.82, 2.24) is 4.90 Å². The highest BCUT2D eigenvalue weighted by atomic mass is 16.6. The lowest BCUT2D eigenvalue weighted by molar-refractivity contribution is 0.126. The number of benzene rings is 2. The van der Waals surface area contributed by atoms with E-state index in [-0.39, 0.29) is 18.1 Å². The fraction of sp³-hybridized carbons (Fsp3) is 0.211. The molecule has 112 valence electrons. The van der Waals surface area contributed by atoms with E-state index in [0.29, 0.717) is 13.1 Å². The van der Waals surface area contributed by atoms with Gasteiger partial charge in [-0.1, -0.05) is 66.7 Å². The summed E-state index contributed by atoms with van der Waals surface area (Å²) in [6, 6.07) is 20.4. The van der Waals surface area contributed by atoms with Gasteiger partial charge in [0, 0.05) is 12.5 Å². The smallest absolute Gasteiger partial charge is 0.410 e. The van der Waals surface area contributed by atoms with Crippen LogP contribution < -0.4 is 0 Å². The summed E-state index contributed by atoms with van der Waals surface area (Å²) >= 11 is 0. The van der Waals surface area contributed by atoms with Gasteiger partial charge in [-0.15, -0.1) is 6.58 Å². The molecule has 0 aliphatic carbocycles. The van der Waals surface area contributed by atoms with Gasteiger partial charge in [0.25, 0.3) is 0 Å². The quantitative estimate of drug-likeness (QED) is 0.784. The van der Waals surface area contributed by atoms with Crippen molar-refractivity contribution >= 4 is 6.09 Å². The van der Waals surface area contributed by atoms with Crippen molar-refractivity contribution in [3.8, 4) is 0 Å². The van der Waals surface area contributed by atoms with Gasteiger partial charge in [-0.25, -0.2) is 4.79 Å². The molecular formula is C19H19NO2. The predicted molar refractivity (Wildman–Crippen MR) is 86.8 cm³/mol. The van der Waals surface area contributed by atoms with Crippen LogP contribution >= 0.6 is 0 Å². The lowest BCUT2D eigenvalue weighted by Crippen LogP contribution is -2.27. The van der Waals surface area contributed by atoms with Crippen molar-refractivity contribution in [2.24, 2.45) is 0 Å². The minimum Gasteiger partial charge on any atom is -0.443 e. The SMILES string of the molecule is C=CCN1CC(C(c2ccccc2)c2ccccc2)OC1=O. The van der Waals surface area contributed by atoms with Crippen LogP contribution in [0.25, 0.3) is 0 Å². The monoisotopic (exact) mass is 293 g/mol. The Labute approximate surface area is 130 Å². The van der Waals surface area contributed by atoms with Gasteiger partial charge in [0.15, 0.2) is 0 Å². The number of carbonyl (C=O) groups is 1. The molecule has 1 atom stereocenters. The highest BCUT2D eigenvalue weighted by Crippen LogP contribution is 2.33. The molecule has 3 heteroatoms. The van der Waals surface area contributed by atoms with Gasteiger partial charge >= 0.3 is 6.09 Å². The Morgan fingerprint density at radius 2 is 1.64 bits per heavy atom. The maximum absolute atomic E-state index is 12.0. The molecule has 0 bridgehead atoms. The zero-order valence-corrected chi connectivity index (χ0v) is 12.4. The first-order valence-corrected chi connectivity index (χ1v) is 7.46. The topological polar surface area (TPSA) is 29.5 Å². The number of ether oxygens (including phenoxy) is 1. The second-order valence-electron chi connectivity index (χ2n) is 5.41. The average molecular weight is 293 g/mol. The number of carbonyl (C=O) groups excluding carboxylic acids is 1. The molecule has 3 rings (SSSR count). The van der Waals surface area contributed by atoms with Crippen molar-refractivity contribution in [3.63, 3.8) is 0 Å². The highest BCUT2D eigenvalue weighted by molar-refractivity contribution is 5.70. The molecule has 3 nitrogen and oxygen atoms in total. The van der Waals surface area contributed by atoms with Gasteiger partial charge in [-0.3, -0.25) is 0 Å². The van der Waals surface area contributed by atoms with Crippen molar-refractivity contribution in [3.05, 3.63) is 84.4 Å². The van der Waals surface area contributed by atoms with Gasteiger partial charge in [-0.05, 0) is 11.1 Å². The summed E-state index contributed by atoms with van der Waals surface area (Å²) in [5, 5.41) is 0. The van der Waals surface area contributed by atoms with Crippen LogP contribution in [0.5, 0.6) is 0 Å². The standard InChI is InChI=1S/C19H19NO2/c1-2-13-20-14-17(22-19(20)21)18(15-9-5-3-6-10-15)16-11-7-4-8-12-16/h2-12,17-18H,1,13-14H2. The highest BCUT2D eigenvalue weighted by Gasteiger charge is 2.37. The number of amides is 1. The Hall–Kier alpha value is -2.55. The molecule has 0 radical (unpaired) electrons. The molecule has 1 heterocycles. The van der Waals surface area contributed by atoms with Crippen molar-refractivity contribution in [2.45, 2.75) is 12.0 Å². The number of nitrogens with zero attached hydrogens (tertiary/aromatic N) is 1. The zero-order valence-electron chi connectivity index (χ0n) is 12.4. The van der Waals surface area contributed by atoms with E-state index in [0.717, 1.165) is 11.1 Å². The first-order valence-electron chi connectivity index (χ1n) is 7.46. The molecule has 0 saturated carbocycles. The van der Waals surface area contributed by atoms with Crippen LogP contribution in [0.3, 0.4) is 0 Å². The molecule has 1 aliphatic rings. The second kappa shape index (κ2) is 6.48. The molecule has 0 spiro atoms. The van der Waals surface area contributed by atoms with E-state index in [1.165, 1.54) is 0 Å². The van der Waals surface area contributed by atoms with E-state index in [2.05, 4.69) is 30.8 Å². The van der Waals surface area contributed by atoms with Crippen LogP contribution in [0.1, 0.15) is 17.0 Å². The molecule has 1 saturated heterocycles. The lowest BCUT2D eigenvalue weighted by Gasteiger charge is -2.23. The fourth-order valence-corrected chi connectivity index (χ4v) is 2.95. The minimum absolute atomic E-state index is 0.0427. The number of cyclic esters (lactones) is 1. The molecule has 1 fully saturated rings. The van der Waals surface area contributed by atoms with Crippen LogP contribution in [0.15, 0.2) is 73.3 Å². The summed E-state index contributed by atoms with van der Waals surface area (Å²) in [6.07, 6.45) is 1.28. The van der Waals surface area contributed by atoms with Gasteiger partial charge in [0.2, 0.25) is 0 Å². The van der Waals surface area contributed by atoms with Crippen LogP contribution in [-0.4, -0.2) is 30.2 Å². The van der Waals surface area contributed by atoms with Crippen LogP contribution in [-0.2, 0) is 4.74 Å². The summed E-state index contributed by atoms with van der Waals surface area (Å²) in [6.45, 7) is 4.80. The molecule has 1 unspecified atom stereocenters. The Bertz CT molecular complexity index is 599. The van der Waals surface area contributed by atoms with E-state index < -0.39 is 0 Å². The van der Waals surface area contributed by atoms with E-state index in [9.17, 15) is 4.79 Å². The molecule has 2 aromatic carbocycles. The summed E-state index contributed by atoms with van der Waals surface area (Å²) in [7, 11) is 0. The van der Waals surface area contributed by atoms with Gasteiger partial charge in [-0.2, -0.15) is 0 Å². The number of hydrogen-bond donors (Lipinski definition) is 0. The molecule has 1 amide bonds. The molecule has 22 heavy (non-hydrogen) atoms. The third-order valence-electron chi connectivity index (χ3n) is 3.95. The summed E-state index contributed by atoms with van der Waals surface area (Å²) in [4.78, 5) is 13.7. The fourth-order valence-electron chi connectivity index (χ4n) is 2.95. The third-order valence-corrected chi connectivity index (χ3v) is 3.95. The Kier molecular flexibility index (Phi) is 4.24. The summed E-state index contributed by atoms with van der Waals surface area (Å²) in [5.41, 5.74) is 2.32. The molecule has 0 N–H and O–H groups in total. The van der Waals surface area contributed by atoms with E-state index in [1.807, 2.05) is 36.4 Å². The first kappa shape index (κ1) is 14.4. The first-order chi connectivity index (χ1) is 10.8. The van der Waals surface area contributed by atoms with Crippen LogP contribution in [0.4, 0.5) is 4.79 Å².